The first-order valence-corrected chi connectivity index (χ1v) is 7.17. The molecule has 1 heterocycles. The van der Waals surface area contributed by atoms with Gasteiger partial charge in [-0.2, -0.15) is 0 Å². The lowest BCUT2D eigenvalue weighted by Gasteiger charge is -2.00. The van der Waals surface area contributed by atoms with Gasteiger partial charge in [0, 0.05) is 11.4 Å². The highest BCUT2D eigenvalue weighted by Gasteiger charge is 2.09. The minimum atomic E-state index is 0.770. The zero-order valence-electron chi connectivity index (χ0n) is 11.0. The summed E-state index contributed by atoms with van der Waals surface area (Å²) in [5, 5.41) is 4.71. The molecule has 0 aliphatic carbocycles. The van der Waals surface area contributed by atoms with Crippen molar-refractivity contribution in [1.82, 2.24) is 10.3 Å². The Hall–Kier alpha value is -0.410. The molecule has 0 atom stereocenters. The van der Waals surface area contributed by atoms with Crippen molar-refractivity contribution in [3.63, 3.8) is 0 Å². The molecule has 16 heavy (non-hydrogen) atoms. The highest BCUT2D eigenvalue weighted by molar-refractivity contribution is 7.11. The molecule has 1 aromatic rings. The van der Waals surface area contributed by atoms with E-state index in [0.29, 0.717) is 0 Å². The van der Waals surface area contributed by atoms with Crippen LogP contribution in [0, 0.1) is 5.92 Å². The molecule has 2 nitrogen and oxygen atoms in total. The van der Waals surface area contributed by atoms with E-state index >= 15 is 0 Å². The van der Waals surface area contributed by atoms with Gasteiger partial charge in [-0.25, -0.2) is 4.98 Å². The maximum absolute atomic E-state index is 4.73. The number of aryl methyl sites for hydroxylation is 2. The van der Waals surface area contributed by atoms with Gasteiger partial charge >= 0.3 is 0 Å². The van der Waals surface area contributed by atoms with E-state index in [1.807, 2.05) is 11.3 Å². The number of aromatic nitrogens is 1. The molecule has 0 bridgehead atoms. The van der Waals surface area contributed by atoms with Crippen molar-refractivity contribution in [3.05, 3.63) is 15.6 Å². The topological polar surface area (TPSA) is 24.9 Å². The summed E-state index contributed by atoms with van der Waals surface area (Å²) in [6, 6.07) is 0. The quantitative estimate of drug-likeness (QED) is 0.790. The molecule has 0 aromatic carbocycles. The van der Waals surface area contributed by atoms with E-state index in [0.717, 1.165) is 31.8 Å². The van der Waals surface area contributed by atoms with Crippen LogP contribution in [-0.2, 0) is 19.4 Å². The van der Waals surface area contributed by atoms with Gasteiger partial charge in [-0.05, 0) is 31.7 Å². The van der Waals surface area contributed by atoms with E-state index in [1.54, 1.807) is 0 Å². The molecule has 1 rings (SSSR count). The number of hydrogen-bond donors (Lipinski definition) is 1. The molecular weight excluding hydrogens is 216 g/mol. The minimum absolute atomic E-state index is 0.770. The van der Waals surface area contributed by atoms with Gasteiger partial charge in [-0.3, -0.25) is 0 Å². The predicted octanol–water partition coefficient (Wildman–Crippen LogP) is 3.40. The van der Waals surface area contributed by atoms with E-state index in [2.05, 4.69) is 33.0 Å². The smallest absolute Gasteiger partial charge is 0.0931 e. The molecule has 0 aliphatic heterocycles. The van der Waals surface area contributed by atoms with Crippen LogP contribution in [0.1, 0.15) is 49.7 Å². The van der Waals surface area contributed by atoms with Crippen LogP contribution >= 0.6 is 11.3 Å². The third-order valence-corrected chi connectivity index (χ3v) is 3.79. The van der Waals surface area contributed by atoms with E-state index in [1.165, 1.54) is 22.0 Å². The highest BCUT2D eigenvalue weighted by Crippen LogP contribution is 2.21. The molecule has 0 saturated heterocycles. The lowest BCUT2D eigenvalue weighted by Crippen LogP contribution is -2.11. The van der Waals surface area contributed by atoms with Crippen LogP contribution < -0.4 is 5.32 Å². The van der Waals surface area contributed by atoms with Crippen LogP contribution in [0.5, 0.6) is 0 Å². The minimum Gasteiger partial charge on any atom is -0.312 e. The SMILES string of the molecule is CCNCc1sc(CCC(C)C)nc1CC. The predicted molar refractivity (Wildman–Crippen MR) is 72.0 cm³/mol. The second kappa shape index (κ2) is 7.02. The third kappa shape index (κ3) is 4.22. The average molecular weight is 240 g/mol. The van der Waals surface area contributed by atoms with Crippen LogP contribution in [0.25, 0.3) is 0 Å². The van der Waals surface area contributed by atoms with Crippen LogP contribution in [0.2, 0.25) is 0 Å². The first-order chi connectivity index (χ1) is 7.67. The standard InChI is InChI=1S/C13H24N2S/c1-5-11-12(9-14-6-2)16-13(15-11)8-7-10(3)4/h10,14H,5-9H2,1-4H3. The lowest BCUT2D eigenvalue weighted by atomic mass is 10.1. The van der Waals surface area contributed by atoms with Gasteiger partial charge in [0.15, 0.2) is 0 Å². The van der Waals surface area contributed by atoms with Crippen molar-refractivity contribution < 1.29 is 0 Å². The van der Waals surface area contributed by atoms with Crippen LogP contribution in [-0.4, -0.2) is 11.5 Å². The molecule has 0 fully saturated rings. The second-order valence-corrected chi connectivity index (χ2v) is 5.71. The molecule has 0 amide bonds. The molecule has 1 aromatic heterocycles. The second-order valence-electron chi connectivity index (χ2n) is 4.54. The zero-order chi connectivity index (χ0) is 12.0. The Balaban J connectivity index is 2.61. The van der Waals surface area contributed by atoms with Crippen molar-refractivity contribution in [1.29, 1.82) is 0 Å². The fourth-order valence-electron chi connectivity index (χ4n) is 1.61. The Bertz CT molecular complexity index is 305. The van der Waals surface area contributed by atoms with Gasteiger partial charge < -0.3 is 5.32 Å². The maximum atomic E-state index is 4.73. The fraction of sp³-hybridized carbons (Fsp3) is 0.769. The summed E-state index contributed by atoms with van der Waals surface area (Å²) in [5.74, 6) is 0.770. The third-order valence-electron chi connectivity index (χ3n) is 2.63. The maximum Gasteiger partial charge on any atom is 0.0931 e. The summed E-state index contributed by atoms with van der Waals surface area (Å²) in [4.78, 5) is 6.17. The van der Waals surface area contributed by atoms with E-state index in [4.69, 9.17) is 4.98 Å². The summed E-state index contributed by atoms with van der Waals surface area (Å²) < 4.78 is 0. The van der Waals surface area contributed by atoms with E-state index in [-0.39, 0.29) is 0 Å². The van der Waals surface area contributed by atoms with Crippen molar-refractivity contribution >= 4 is 11.3 Å². The summed E-state index contributed by atoms with van der Waals surface area (Å²) in [7, 11) is 0. The van der Waals surface area contributed by atoms with E-state index in [9.17, 15) is 0 Å². The van der Waals surface area contributed by atoms with Gasteiger partial charge in [-0.15, -0.1) is 11.3 Å². The van der Waals surface area contributed by atoms with Crippen molar-refractivity contribution in [2.75, 3.05) is 6.54 Å². The number of thiazole rings is 1. The fourth-order valence-corrected chi connectivity index (χ4v) is 2.75. The Morgan fingerprint density at radius 1 is 1.31 bits per heavy atom. The highest BCUT2D eigenvalue weighted by atomic mass is 32.1. The Labute approximate surface area is 103 Å². The molecule has 0 unspecified atom stereocenters. The summed E-state index contributed by atoms with van der Waals surface area (Å²) in [6.45, 7) is 10.9. The van der Waals surface area contributed by atoms with Crippen molar-refractivity contribution in [2.45, 2.75) is 53.5 Å². The molecule has 0 radical (unpaired) electrons. The number of nitrogens with one attached hydrogen (secondary N) is 1. The van der Waals surface area contributed by atoms with Crippen molar-refractivity contribution in [2.24, 2.45) is 5.92 Å². The molecule has 0 aliphatic rings. The van der Waals surface area contributed by atoms with Crippen LogP contribution in [0.4, 0.5) is 0 Å². The molecule has 92 valence electrons. The van der Waals surface area contributed by atoms with Gasteiger partial charge in [0.2, 0.25) is 0 Å². The van der Waals surface area contributed by atoms with E-state index < -0.39 is 0 Å². The van der Waals surface area contributed by atoms with Gasteiger partial charge in [0.1, 0.15) is 0 Å². The Morgan fingerprint density at radius 3 is 2.62 bits per heavy atom. The van der Waals surface area contributed by atoms with Gasteiger partial charge in [0.05, 0.1) is 10.7 Å². The normalized spacial score (nSPS) is 11.3. The molecule has 3 heteroatoms. The molecule has 0 spiro atoms. The Kier molecular flexibility index (Phi) is 5.99. The zero-order valence-corrected chi connectivity index (χ0v) is 11.8. The lowest BCUT2D eigenvalue weighted by molar-refractivity contribution is 0.585. The molecule has 1 N–H and O–H groups in total. The largest absolute Gasteiger partial charge is 0.312 e. The Morgan fingerprint density at radius 2 is 2.06 bits per heavy atom. The number of nitrogens with zero attached hydrogens (tertiary/aromatic N) is 1. The average Bonchev–Trinajstić information content (AvgIpc) is 2.66. The number of rotatable bonds is 7. The van der Waals surface area contributed by atoms with Crippen LogP contribution in [0.15, 0.2) is 0 Å². The van der Waals surface area contributed by atoms with Crippen molar-refractivity contribution in [3.8, 4) is 0 Å². The van der Waals surface area contributed by atoms with Gasteiger partial charge in [0.25, 0.3) is 0 Å². The molecular formula is C13H24N2S. The summed E-state index contributed by atoms with van der Waals surface area (Å²) in [5.41, 5.74) is 1.30. The van der Waals surface area contributed by atoms with Gasteiger partial charge in [-0.1, -0.05) is 27.7 Å². The summed E-state index contributed by atoms with van der Waals surface area (Å²) in [6.07, 6.45) is 3.44. The first kappa shape index (κ1) is 13.7. The summed E-state index contributed by atoms with van der Waals surface area (Å²) >= 11 is 1.89. The molecule has 0 saturated carbocycles. The monoisotopic (exact) mass is 240 g/mol. The first-order valence-electron chi connectivity index (χ1n) is 6.35. The number of hydrogen-bond acceptors (Lipinski definition) is 3. The van der Waals surface area contributed by atoms with Crippen LogP contribution in [0.3, 0.4) is 0 Å².